The van der Waals surface area contributed by atoms with Crippen molar-refractivity contribution in [2.75, 3.05) is 0 Å². The molecule has 0 spiro atoms. The minimum absolute atomic E-state index is 0. The molecule has 19 heavy (non-hydrogen) atoms. The standard InChI is InChI=1S/C12H14N5S.HI/c1-3-6-16-7-4-10(5-8-16)11-15-17-9(2)13-14-12(17)18-11;/h4-5,7-8H,3,6H2,1-2H3;1H/q+1;/p-1. The predicted molar refractivity (Wildman–Crippen MR) is 69.3 cm³/mol. The zero-order valence-corrected chi connectivity index (χ0v) is 13.7. The molecule has 100 valence electrons. The second-order valence-corrected chi connectivity index (χ2v) is 5.13. The summed E-state index contributed by atoms with van der Waals surface area (Å²) >= 11 is 1.56. The molecule has 0 aliphatic rings. The minimum atomic E-state index is 0. The molecule has 0 bridgehead atoms. The number of aryl methyl sites for hydroxylation is 2. The van der Waals surface area contributed by atoms with E-state index in [0.717, 1.165) is 34.3 Å². The van der Waals surface area contributed by atoms with Crippen LogP contribution in [0.3, 0.4) is 0 Å². The van der Waals surface area contributed by atoms with Crippen molar-refractivity contribution in [1.82, 2.24) is 19.8 Å². The fourth-order valence-electron chi connectivity index (χ4n) is 1.84. The zero-order chi connectivity index (χ0) is 12.5. The lowest BCUT2D eigenvalue weighted by Crippen LogP contribution is -3.00. The summed E-state index contributed by atoms with van der Waals surface area (Å²) in [6.07, 6.45) is 5.32. The van der Waals surface area contributed by atoms with Crippen molar-refractivity contribution in [3.8, 4) is 10.6 Å². The van der Waals surface area contributed by atoms with Gasteiger partial charge in [-0.25, -0.2) is 4.57 Å². The maximum absolute atomic E-state index is 4.52. The summed E-state index contributed by atoms with van der Waals surface area (Å²) in [7, 11) is 0. The Labute approximate surface area is 132 Å². The fourth-order valence-corrected chi connectivity index (χ4v) is 2.73. The molecular weight excluding hydrogens is 373 g/mol. The van der Waals surface area contributed by atoms with E-state index in [4.69, 9.17) is 0 Å². The van der Waals surface area contributed by atoms with Crippen LogP contribution in [-0.2, 0) is 6.54 Å². The molecule has 0 N–H and O–H groups in total. The second kappa shape index (κ2) is 5.91. The second-order valence-electron chi connectivity index (χ2n) is 4.17. The molecule has 7 heteroatoms. The van der Waals surface area contributed by atoms with E-state index in [1.54, 1.807) is 15.9 Å². The molecule has 0 unspecified atom stereocenters. The highest BCUT2D eigenvalue weighted by Crippen LogP contribution is 2.24. The van der Waals surface area contributed by atoms with Gasteiger partial charge in [-0.15, -0.1) is 10.2 Å². The van der Waals surface area contributed by atoms with E-state index in [1.807, 2.05) is 6.92 Å². The van der Waals surface area contributed by atoms with E-state index in [9.17, 15) is 0 Å². The number of hydrogen-bond donors (Lipinski definition) is 0. The van der Waals surface area contributed by atoms with Gasteiger partial charge in [0.05, 0.1) is 0 Å². The first kappa shape index (κ1) is 14.3. The van der Waals surface area contributed by atoms with Crippen LogP contribution < -0.4 is 28.5 Å². The lowest BCUT2D eigenvalue weighted by Gasteiger charge is -1.95. The summed E-state index contributed by atoms with van der Waals surface area (Å²) in [5.41, 5.74) is 1.12. The first-order chi connectivity index (χ1) is 8.78. The van der Waals surface area contributed by atoms with Gasteiger partial charge in [0.2, 0.25) is 4.96 Å². The van der Waals surface area contributed by atoms with Crippen molar-refractivity contribution in [3.05, 3.63) is 30.4 Å². The number of fused-ring (bicyclic) bond motifs is 1. The van der Waals surface area contributed by atoms with Crippen LogP contribution >= 0.6 is 11.3 Å². The molecule has 0 aromatic carbocycles. The van der Waals surface area contributed by atoms with Crippen LogP contribution in [0.2, 0.25) is 0 Å². The molecule has 5 nitrogen and oxygen atoms in total. The normalized spacial score (nSPS) is 10.6. The highest BCUT2D eigenvalue weighted by molar-refractivity contribution is 7.19. The van der Waals surface area contributed by atoms with Gasteiger partial charge in [0.15, 0.2) is 18.2 Å². The Balaban J connectivity index is 0.00000133. The Morgan fingerprint density at radius 3 is 2.63 bits per heavy atom. The average Bonchev–Trinajstić information content (AvgIpc) is 2.94. The molecule has 0 amide bonds. The van der Waals surface area contributed by atoms with Crippen molar-refractivity contribution in [2.45, 2.75) is 26.8 Å². The summed E-state index contributed by atoms with van der Waals surface area (Å²) in [6, 6.07) is 4.19. The third kappa shape index (κ3) is 2.76. The summed E-state index contributed by atoms with van der Waals surface area (Å²) in [6.45, 7) is 5.13. The van der Waals surface area contributed by atoms with Crippen LogP contribution in [-0.4, -0.2) is 19.8 Å². The number of hydrogen-bond acceptors (Lipinski definition) is 4. The van der Waals surface area contributed by atoms with Gasteiger partial charge in [-0.2, -0.15) is 9.61 Å². The molecule has 0 saturated heterocycles. The van der Waals surface area contributed by atoms with Crippen molar-refractivity contribution in [3.63, 3.8) is 0 Å². The Hall–Kier alpha value is -1.09. The maximum Gasteiger partial charge on any atom is 0.234 e. The van der Waals surface area contributed by atoms with Gasteiger partial charge in [0, 0.05) is 24.1 Å². The van der Waals surface area contributed by atoms with E-state index >= 15 is 0 Å². The summed E-state index contributed by atoms with van der Waals surface area (Å²) in [5.74, 6) is 0.824. The number of nitrogens with zero attached hydrogens (tertiary/aromatic N) is 5. The van der Waals surface area contributed by atoms with Gasteiger partial charge in [-0.1, -0.05) is 18.3 Å². The van der Waals surface area contributed by atoms with Gasteiger partial charge >= 0.3 is 0 Å². The molecule has 3 heterocycles. The van der Waals surface area contributed by atoms with Crippen molar-refractivity contribution in [1.29, 1.82) is 0 Å². The number of aromatic nitrogens is 5. The summed E-state index contributed by atoms with van der Waals surface area (Å²) < 4.78 is 3.96. The Morgan fingerprint density at radius 1 is 1.26 bits per heavy atom. The van der Waals surface area contributed by atoms with Crippen LogP contribution in [0.4, 0.5) is 0 Å². The SMILES string of the molecule is CCC[n+]1ccc(-c2nn3c(C)nnc3s2)cc1.[I-]. The smallest absolute Gasteiger partial charge is 0.234 e. The number of pyridine rings is 1. The quantitative estimate of drug-likeness (QED) is 0.422. The Bertz CT molecular complexity index is 673. The van der Waals surface area contributed by atoms with Gasteiger partial charge in [0.25, 0.3) is 0 Å². The molecule has 3 rings (SSSR count). The number of halogens is 1. The molecule has 0 atom stereocenters. The number of rotatable bonds is 3. The van der Waals surface area contributed by atoms with E-state index in [1.165, 1.54) is 0 Å². The molecular formula is C12H14IN5S. The monoisotopic (exact) mass is 387 g/mol. The molecule has 3 aromatic heterocycles. The first-order valence-electron chi connectivity index (χ1n) is 5.96. The predicted octanol–water partition coefficient (Wildman–Crippen LogP) is -1.14. The lowest BCUT2D eigenvalue weighted by atomic mass is 10.3. The maximum atomic E-state index is 4.52. The van der Waals surface area contributed by atoms with Gasteiger partial charge in [-0.3, -0.25) is 0 Å². The molecule has 0 aliphatic carbocycles. The zero-order valence-electron chi connectivity index (χ0n) is 10.7. The van der Waals surface area contributed by atoms with Gasteiger partial charge in [0.1, 0.15) is 11.6 Å². The summed E-state index contributed by atoms with van der Waals surface area (Å²) in [4.78, 5) is 0.841. The molecule has 0 radical (unpaired) electrons. The summed E-state index contributed by atoms with van der Waals surface area (Å²) in [5, 5.41) is 13.6. The van der Waals surface area contributed by atoms with Gasteiger partial charge in [-0.05, 0) is 6.92 Å². The third-order valence-corrected chi connectivity index (χ3v) is 3.71. The Kier molecular flexibility index (Phi) is 4.46. The van der Waals surface area contributed by atoms with Crippen LogP contribution in [0.5, 0.6) is 0 Å². The topological polar surface area (TPSA) is 47.0 Å². The lowest BCUT2D eigenvalue weighted by molar-refractivity contribution is -0.696. The van der Waals surface area contributed by atoms with E-state index in [2.05, 4.69) is 51.3 Å². The highest BCUT2D eigenvalue weighted by Gasteiger charge is 2.11. The van der Waals surface area contributed by atoms with Crippen molar-refractivity contribution >= 4 is 16.3 Å². The van der Waals surface area contributed by atoms with Gasteiger partial charge < -0.3 is 24.0 Å². The van der Waals surface area contributed by atoms with Crippen LogP contribution in [0, 0.1) is 6.92 Å². The van der Waals surface area contributed by atoms with E-state index in [0.29, 0.717) is 0 Å². The minimum Gasteiger partial charge on any atom is -1.00 e. The van der Waals surface area contributed by atoms with Crippen LogP contribution in [0.1, 0.15) is 19.2 Å². The largest absolute Gasteiger partial charge is 1.00 e. The van der Waals surface area contributed by atoms with Crippen molar-refractivity contribution < 1.29 is 28.5 Å². The van der Waals surface area contributed by atoms with Crippen LogP contribution in [0.15, 0.2) is 24.5 Å². The third-order valence-electron chi connectivity index (χ3n) is 2.77. The highest BCUT2D eigenvalue weighted by atomic mass is 127. The molecule has 3 aromatic rings. The molecule has 0 saturated carbocycles. The molecule has 0 fully saturated rings. The first-order valence-corrected chi connectivity index (χ1v) is 6.78. The van der Waals surface area contributed by atoms with E-state index < -0.39 is 0 Å². The fraction of sp³-hybridized carbons (Fsp3) is 0.333. The van der Waals surface area contributed by atoms with Crippen molar-refractivity contribution in [2.24, 2.45) is 0 Å². The average molecular weight is 387 g/mol. The Morgan fingerprint density at radius 2 is 2.00 bits per heavy atom. The van der Waals surface area contributed by atoms with E-state index in [-0.39, 0.29) is 24.0 Å². The molecule has 0 aliphatic heterocycles. The van der Waals surface area contributed by atoms with Crippen LogP contribution in [0.25, 0.3) is 15.5 Å².